The van der Waals surface area contributed by atoms with Gasteiger partial charge in [0.1, 0.15) is 0 Å². The van der Waals surface area contributed by atoms with E-state index in [-0.39, 0.29) is 25.0 Å². The van der Waals surface area contributed by atoms with Crippen LogP contribution < -0.4 is 11.5 Å². The molecule has 0 aromatic rings. The molecule has 6 heteroatoms. The van der Waals surface area contributed by atoms with Crippen LogP contribution >= 0.6 is 24.2 Å². The minimum Gasteiger partial charge on any atom is -0.396 e. The fourth-order valence-corrected chi connectivity index (χ4v) is 0.960. The fourth-order valence-electron chi connectivity index (χ4n) is 0.406. The molecule has 0 heterocycles. The van der Waals surface area contributed by atoms with Crippen LogP contribution in [0.25, 0.3) is 0 Å². The maximum atomic E-state index is 8.37. The molecule has 0 saturated carbocycles. The van der Waals surface area contributed by atoms with Crippen molar-refractivity contribution in [2.45, 2.75) is 0 Å². The zero-order chi connectivity index (χ0) is 7.82. The van der Waals surface area contributed by atoms with Crippen LogP contribution in [0.3, 0.4) is 0 Å². The quantitative estimate of drug-likeness (QED) is 0.314. The Morgan fingerprint density at radius 3 is 2.45 bits per heavy atom. The van der Waals surface area contributed by atoms with Crippen molar-refractivity contribution in [3.63, 3.8) is 0 Å². The lowest BCUT2D eigenvalue weighted by Crippen LogP contribution is -2.23. The summed E-state index contributed by atoms with van der Waals surface area (Å²) in [7, 11) is 0. The summed E-state index contributed by atoms with van der Waals surface area (Å²) in [5.74, 6) is 1.74. The summed E-state index contributed by atoms with van der Waals surface area (Å²) in [6.45, 7) is 0.847. The molecular formula is C5H14ClN3OS. The Balaban J connectivity index is 0. The topological polar surface area (TPSA) is 84.6 Å². The van der Waals surface area contributed by atoms with Crippen LogP contribution in [-0.2, 0) is 0 Å². The Hall–Kier alpha value is -0.130. The fraction of sp³-hybridized carbons (Fsp3) is 0.800. The number of nitrogens with zero attached hydrogens (tertiary/aromatic N) is 1. The molecule has 0 aliphatic carbocycles. The summed E-state index contributed by atoms with van der Waals surface area (Å²) in [5, 5.41) is 8.37. The lowest BCUT2D eigenvalue weighted by Gasteiger charge is -1.94. The predicted octanol–water partition coefficient (Wildman–Crippen LogP) is -0.593. The molecule has 0 radical (unpaired) electrons. The molecule has 0 aromatic heterocycles. The average molecular weight is 200 g/mol. The second kappa shape index (κ2) is 9.87. The zero-order valence-electron chi connectivity index (χ0n) is 6.19. The number of aliphatic imine (C=N–C) groups is 1. The lowest BCUT2D eigenvalue weighted by atomic mass is 10.8. The number of thioether (sulfide) groups is 1. The van der Waals surface area contributed by atoms with Gasteiger partial charge in [0.2, 0.25) is 0 Å². The molecule has 0 aliphatic rings. The number of hydrogen-bond donors (Lipinski definition) is 3. The maximum Gasteiger partial charge on any atom is 0.185 e. The van der Waals surface area contributed by atoms with Gasteiger partial charge in [-0.05, 0) is 0 Å². The van der Waals surface area contributed by atoms with E-state index in [0.29, 0.717) is 6.54 Å². The van der Waals surface area contributed by atoms with E-state index in [0.717, 1.165) is 11.5 Å². The van der Waals surface area contributed by atoms with Crippen molar-refractivity contribution >= 4 is 30.1 Å². The third kappa shape index (κ3) is 13.0. The molecule has 0 aromatic carbocycles. The molecule has 0 amide bonds. The third-order valence-electron chi connectivity index (χ3n) is 0.766. The van der Waals surface area contributed by atoms with E-state index in [1.165, 1.54) is 0 Å². The highest BCUT2D eigenvalue weighted by molar-refractivity contribution is 7.99. The van der Waals surface area contributed by atoms with Crippen molar-refractivity contribution < 1.29 is 5.11 Å². The van der Waals surface area contributed by atoms with Gasteiger partial charge in [-0.3, -0.25) is 4.99 Å². The van der Waals surface area contributed by atoms with Crippen molar-refractivity contribution in [2.75, 3.05) is 24.7 Å². The first-order valence-electron chi connectivity index (χ1n) is 3.01. The van der Waals surface area contributed by atoms with E-state index in [4.69, 9.17) is 16.6 Å². The lowest BCUT2D eigenvalue weighted by molar-refractivity contribution is 0.322. The van der Waals surface area contributed by atoms with Gasteiger partial charge in [0.05, 0.1) is 13.2 Å². The van der Waals surface area contributed by atoms with Crippen LogP contribution in [0, 0.1) is 0 Å². The van der Waals surface area contributed by atoms with Gasteiger partial charge in [0, 0.05) is 11.5 Å². The number of nitrogens with two attached hydrogens (primary N) is 2. The first-order chi connectivity index (χ1) is 4.77. The number of guanidine groups is 1. The van der Waals surface area contributed by atoms with Crippen molar-refractivity contribution in [2.24, 2.45) is 16.5 Å². The van der Waals surface area contributed by atoms with Crippen molar-refractivity contribution in [3.05, 3.63) is 0 Å². The highest BCUT2D eigenvalue weighted by Gasteiger charge is 1.85. The SMILES string of the molecule is Cl.NC(N)=NCCSCCO. The number of aliphatic hydroxyl groups is 1. The van der Waals surface area contributed by atoms with Gasteiger partial charge in [-0.25, -0.2) is 0 Å². The summed E-state index contributed by atoms with van der Waals surface area (Å²) in [5.41, 5.74) is 10.2. The van der Waals surface area contributed by atoms with E-state index < -0.39 is 0 Å². The van der Waals surface area contributed by atoms with Gasteiger partial charge >= 0.3 is 0 Å². The van der Waals surface area contributed by atoms with Gasteiger partial charge in [-0.2, -0.15) is 11.8 Å². The molecule has 0 aliphatic heterocycles. The molecule has 0 rings (SSSR count). The number of rotatable bonds is 5. The van der Waals surface area contributed by atoms with Crippen molar-refractivity contribution in [1.82, 2.24) is 0 Å². The molecule has 68 valence electrons. The first-order valence-corrected chi connectivity index (χ1v) is 4.17. The smallest absolute Gasteiger partial charge is 0.185 e. The number of halogens is 1. The van der Waals surface area contributed by atoms with E-state index in [9.17, 15) is 0 Å². The molecule has 11 heavy (non-hydrogen) atoms. The highest BCUT2D eigenvalue weighted by Crippen LogP contribution is 1.96. The normalized spacial score (nSPS) is 8.45. The van der Waals surface area contributed by atoms with Crippen LogP contribution in [-0.4, -0.2) is 35.7 Å². The number of hydrogen-bond acceptors (Lipinski definition) is 3. The highest BCUT2D eigenvalue weighted by atomic mass is 35.5. The van der Waals surface area contributed by atoms with Crippen LogP contribution in [0.15, 0.2) is 4.99 Å². The van der Waals surface area contributed by atoms with Crippen LogP contribution in [0.2, 0.25) is 0 Å². The molecular weight excluding hydrogens is 186 g/mol. The zero-order valence-corrected chi connectivity index (χ0v) is 7.83. The van der Waals surface area contributed by atoms with E-state index in [1.54, 1.807) is 11.8 Å². The van der Waals surface area contributed by atoms with Crippen LogP contribution in [0.4, 0.5) is 0 Å². The molecule has 5 N–H and O–H groups in total. The van der Waals surface area contributed by atoms with E-state index in [2.05, 4.69) is 4.99 Å². The van der Waals surface area contributed by atoms with Crippen LogP contribution in [0.5, 0.6) is 0 Å². The van der Waals surface area contributed by atoms with Crippen molar-refractivity contribution in [1.29, 1.82) is 0 Å². The summed E-state index contributed by atoms with van der Waals surface area (Å²) >= 11 is 1.63. The molecule has 4 nitrogen and oxygen atoms in total. The Kier molecular flexibility index (Phi) is 12.1. The van der Waals surface area contributed by atoms with Gasteiger partial charge in [-0.15, -0.1) is 12.4 Å². The maximum absolute atomic E-state index is 8.37. The summed E-state index contributed by atoms with van der Waals surface area (Å²) < 4.78 is 0. The molecule has 0 spiro atoms. The summed E-state index contributed by atoms with van der Waals surface area (Å²) in [6.07, 6.45) is 0. The van der Waals surface area contributed by atoms with Crippen molar-refractivity contribution in [3.8, 4) is 0 Å². The van der Waals surface area contributed by atoms with Gasteiger partial charge < -0.3 is 16.6 Å². The van der Waals surface area contributed by atoms with Crippen LogP contribution in [0.1, 0.15) is 0 Å². The minimum atomic E-state index is 0. The molecule has 0 fully saturated rings. The van der Waals surface area contributed by atoms with Gasteiger partial charge in [-0.1, -0.05) is 0 Å². The summed E-state index contributed by atoms with van der Waals surface area (Å²) in [6, 6.07) is 0. The Morgan fingerprint density at radius 1 is 1.36 bits per heavy atom. The number of aliphatic hydroxyl groups excluding tert-OH is 1. The third-order valence-corrected chi connectivity index (χ3v) is 1.71. The van der Waals surface area contributed by atoms with E-state index in [1.807, 2.05) is 0 Å². The van der Waals surface area contributed by atoms with Gasteiger partial charge in [0.25, 0.3) is 0 Å². The Morgan fingerprint density at radius 2 is 2.00 bits per heavy atom. The Labute approximate surface area is 76.8 Å². The molecule has 0 atom stereocenters. The van der Waals surface area contributed by atoms with Gasteiger partial charge in [0.15, 0.2) is 5.96 Å². The second-order valence-corrected chi connectivity index (χ2v) is 2.87. The first kappa shape index (κ1) is 13.5. The molecule has 0 bridgehead atoms. The largest absolute Gasteiger partial charge is 0.396 e. The summed E-state index contributed by atoms with van der Waals surface area (Å²) in [4.78, 5) is 3.77. The van der Waals surface area contributed by atoms with E-state index >= 15 is 0 Å². The molecule has 0 saturated heterocycles. The standard InChI is InChI=1S/C5H13N3OS.ClH/c6-5(7)8-1-3-10-4-2-9;/h9H,1-4H2,(H4,6,7,8);1H. The molecule has 0 unspecified atom stereocenters. The monoisotopic (exact) mass is 199 g/mol. The predicted molar refractivity (Wildman–Crippen MR) is 52.3 cm³/mol. The Bertz CT molecular complexity index is 108. The average Bonchev–Trinajstić information content (AvgIpc) is 1.87. The minimum absolute atomic E-state index is 0. The second-order valence-electron chi connectivity index (χ2n) is 1.64.